The van der Waals surface area contributed by atoms with Crippen LogP contribution in [0.2, 0.25) is 0 Å². The summed E-state index contributed by atoms with van der Waals surface area (Å²) < 4.78 is 0. The molecule has 0 spiro atoms. The molecule has 3 aromatic rings. The Balaban J connectivity index is 1.83. The van der Waals surface area contributed by atoms with Gasteiger partial charge in [-0.05, 0) is 35.4 Å². The first-order chi connectivity index (χ1) is 10.6. The van der Waals surface area contributed by atoms with E-state index in [4.69, 9.17) is 0 Å². The number of rotatable bonds is 4. The Hall–Kier alpha value is -2.62. The van der Waals surface area contributed by atoms with Crippen LogP contribution < -0.4 is 10.2 Å². The monoisotopic (exact) mass is 292 g/mol. The van der Waals surface area contributed by atoms with Crippen LogP contribution >= 0.6 is 0 Å². The molecule has 0 fully saturated rings. The first-order valence-corrected chi connectivity index (χ1v) is 7.39. The Labute approximate surface area is 130 Å². The zero-order valence-corrected chi connectivity index (χ0v) is 13.1. The van der Waals surface area contributed by atoms with Gasteiger partial charge in [-0.2, -0.15) is 4.98 Å². The molecule has 2 aromatic carbocycles. The van der Waals surface area contributed by atoms with Crippen LogP contribution in [0, 0.1) is 0 Å². The lowest BCUT2D eigenvalue weighted by Gasteiger charge is -2.17. The molecule has 1 N–H and O–H groups in total. The van der Waals surface area contributed by atoms with Gasteiger partial charge in [-0.25, -0.2) is 4.98 Å². The lowest BCUT2D eigenvalue weighted by atomic mass is 10.0. The average molecular weight is 292 g/mol. The average Bonchev–Trinajstić information content (AvgIpc) is 2.54. The minimum atomic E-state index is 0.141. The lowest BCUT2D eigenvalue weighted by molar-refractivity contribution is 0.859. The number of nitrogens with zero attached hydrogens (tertiary/aromatic N) is 3. The number of hydrogen-bond donors (Lipinski definition) is 1. The molecule has 0 aliphatic rings. The van der Waals surface area contributed by atoms with Crippen molar-refractivity contribution in [1.29, 1.82) is 0 Å². The summed E-state index contributed by atoms with van der Waals surface area (Å²) in [6.07, 6.45) is 1.78. The van der Waals surface area contributed by atoms with Crippen molar-refractivity contribution in [3.05, 3.63) is 60.3 Å². The van der Waals surface area contributed by atoms with Crippen LogP contribution in [0.25, 0.3) is 10.8 Å². The van der Waals surface area contributed by atoms with Crippen LogP contribution in [0.1, 0.15) is 18.5 Å². The number of anilines is 2. The number of benzene rings is 2. The first-order valence-electron chi connectivity index (χ1n) is 7.39. The van der Waals surface area contributed by atoms with Gasteiger partial charge in [0.25, 0.3) is 0 Å². The second kappa shape index (κ2) is 6.02. The van der Waals surface area contributed by atoms with E-state index in [2.05, 4.69) is 64.7 Å². The molecule has 1 heterocycles. The Morgan fingerprint density at radius 1 is 1.00 bits per heavy atom. The summed E-state index contributed by atoms with van der Waals surface area (Å²) in [4.78, 5) is 10.8. The van der Waals surface area contributed by atoms with Gasteiger partial charge in [0.05, 0.1) is 6.04 Å². The lowest BCUT2D eigenvalue weighted by Crippen LogP contribution is -2.14. The van der Waals surface area contributed by atoms with Crippen LogP contribution in [0.5, 0.6) is 0 Å². The predicted molar refractivity (Wildman–Crippen MR) is 92.3 cm³/mol. The smallest absolute Gasteiger partial charge is 0.225 e. The van der Waals surface area contributed by atoms with Crippen molar-refractivity contribution in [2.75, 3.05) is 24.3 Å². The highest BCUT2D eigenvalue weighted by molar-refractivity contribution is 5.83. The minimum absolute atomic E-state index is 0.141. The molecule has 22 heavy (non-hydrogen) atoms. The Kier molecular flexibility index (Phi) is 3.92. The third-order valence-electron chi connectivity index (χ3n) is 3.72. The molecular formula is C18H20N4. The van der Waals surface area contributed by atoms with Gasteiger partial charge in [-0.3, -0.25) is 0 Å². The maximum absolute atomic E-state index is 4.50. The molecule has 0 saturated heterocycles. The number of aromatic nitrogens is 2. The summed E-state index contributed by atoms with van der Waals surface area (Å²) in [7, 11) is 3.94. The summed E-state index contributed by atoms with van der Waals surface area (Å²) in [6, 6.07) is 16.9. The van der Waals surface area contributed by atoms with Gasteiger partial charge in [-0.1, -0.05) is 36.4 Å². The molecule has 0 aliphatic heterocycles. The Bertz CT molecular complexity index is 783. The van der Waals surface area contributed by atoms with Crippen LogP contribution in [-0.4, -0.2) is 24.1 Å². The summed E-state index contributed by atoms with van der Waals surface area (Å²) in [5.74, 6) is 1.54. The molecule has 1 atom stereocenters. The highest BCUT2D eigenvalue weighted by Crippen LogP contribution is 2.22. The molecule has 112 valence electrons. The summed E-state index contributed by atoms with van der Waals surface area (Å²) in [5.41, 5.74) is 1.22. The SMILES string of the molecule is CC(Nc1nccc(N(C)C)n1)c1ccc2ccccc2c1. The van der Waals surface area contributed by atoms with E-state index in [1.807, 2.05) is 25.1 Å². The Morgan fingerprint density at radius 3 is 2.55 bits per heavy atom. The van der Waals surface area contributed by atoms with Gasteiger partial charge < -0.3 is 10.2 Å². The molecule has 0 bridgehead atoms. The van der Waals surface area contributed by atoms with Crippen molar-refractivity contribution in [3.63, 3.8) is 0 Å². The zero-order valence-electron chi connectivity index (χ0n) is 13.1. The van der Waals surface area contributed by atoms with Gasteiger partial charge in [0.1, 0.15) is 5.82 Å². The fourth-order valence-corrected chi connectivity index (χ4v) is 2.42. The van der Waals surface area contributed by atoms with Crippen LogP contribution in [0.4, 0.5) is 11.8 Å². The van der Waals surface area contributed by atoms with Crippen LogP contribution in [0.3, 0.4) is 0 Å². The molecule has 4 nitrogen and oxygen atoms in total. The maximum atomic E-state index is 4.50. The van der Waals surface area contributed by atoms with Gasteiger partial charge in [-0.15, -0.1) is 0 Å². The van der Waals surface area contributed by atoms with Crippen molar-refractivity contribution in [2.24, 2.45) is 0 Å². The zero-order chi connectivity index (χ0) is 15.5. The predicted octanol–water partition coefficient (Wildman–Crippen LogP) is 3.87. The molecule has 1 unspecified atom stereocenters. The summed E-state index contributed by atoms with van der Waals surface area (Å²) >= 11 is 0. The van der Waals surface area contributed by atoms with E-state index in [-0.39, 0.29) is 6.04 Å². The highest BCUT2D eigenvalue weighted by atomic mass is 15.2. The molecule has 4 heteroatoms. The third kappa shape index (κ3) is 3.01. The van der Waals surface area contributed by atoms with Crippen molar-refractivity contribution < 1.29 is 0 Å². The van der Waals surface area contributed by atoms with E-state index in [0.29, 0.717) is 5.95 Å². The standard InChI is InChI=1S/C18H20N4/c1-13(20-18-19-11-10-17(21-18)22(2)3)15-9-8-14-6-4-5-7-16(14)12-15/h4-13H,1-3H3,(H,19,20,21). The molecule has 0 amide bonds. The largest absolute Gasteiger partial charge is 0.363 e. The molecule has 0 radical (unpaired) electrons. The van der Waals surface area contributed by atoms with Gasteiger partial charge in [0, 0.05) is 20.3 Å². The van der Waals surface area contributed by atoms with E-state index >= 15 is 0 Å². The van der Waals surface area contributed by atoms with Crippen molar-refractivity contribution in [3.8, 4) is 0 Å². The minimum Gasteiger partial charge on any atom is -0.363 e. The second-order valence-electron chi connectivity index (χ2n) is 5.61. The fraction of sp³-hybridized carbons (Fsp3) is 0.222. The van der Waals surface area contributed by atoms with Crippen molar-refractivity contribution in [1.82, 2.24) is 9.97 Å². The normalized spacial score (nSPS) is 12.1. The number of fused-ring (bicyclic) bond motifs is 1. The molecular weight excluding hydrogens is 272 g/mol. The fourth-order valence-electron chi connectivity index (χ4n) is 2.42. The van der Waals surface area contributed by atoms with E-state index in [1.54, 1.807) is 6.20 Å². The Morgan fingerprint density at radius 2 is 1.77 bits per heavy atom. The van der Waals surface area contributed by atoms with Gasteiger partial charge in [0.2, 0.25) is 5.95 Å². The van der Waals surface area contributed by atoms with Gasteiger partial charge >= 0.3 is 0 Å². The topological polar surface area (TPSA) is 41.1 Å². The van der Waals surface area contributed by atoms with Crippen LogP contribution in [0.15, 0.2) is 54.7 Å². The molecule has 0 saturated carbocycles. The third-order valence-corrected chi connectivity index (χ3v) is 3.72. The maximum Gasteiger partial charge on any atom is 0.225 e. The van der Waals surface area contributed by atoms with E-state index < -0.39 is 0 Å². The molecule has 1 aromatic heterocycles. The first kappa shape index (κ1) is 14.3. The summed E-state index contributed by atoms with van der Waals surface area (Å²) in [6.45, 7) is 2.12. The van der Waals surface area contributed by atoms with E-state index in [9.17, 15) is 0 Å². The number of hydrogen-bond acceptors (Lipinski definition) is 4. The van der Waals surface area contributed by atoms with E-state index in [0.717, 1.165) is 5.82 Å². The van der Waals surface area contributed by atoms with Crippen LogP contribution in [-0.2, 0) is 0 Å². The molecule has 3 rings (SSSR count). The van der Waals surface area contributed by atoms with Gasteiger partial charge in [0.15, 0.2) is 0 Å². The quantitative estimate of drug-likeness (QED) is 0.792. The molecule has 0 aliphatic carbocycles. The number of nitrogens with one attached hydrogen (secondary N) is 1. The van der Waals surface area contributed by atoms with E-state index in [1.165, 1.54) is 16.3 Å². The highest BCUT2D eigenvalue weighted by Gasteiger charge is 2.08. The summed E-state index contributed by atoms with van der Waals surface area (Å²) in [5, 5.41) is 5.87. The second-order valence-corrected chi connectivity index (χ2v) is 5.61. The van der Waals surface area contributed by atoms with Crippen molar-refractivity contribution in [2.45, 2.75) is 13.0 Å². The van der Waals surface area contributed by atoms with Crippen molar-refractivity contribution >= 4 is 22.5 Å².